The van der Waals surface area contributed by atoms with Crippen molar-refractivity contribution in [3.8, 4) is 0 Å². The summed E-state index contributed by atoms with van der Waals surface area (Å²) in [6.07, 6.45) is 2.34. The minimum atomic E-state index is 0.0205. The largest absolute Gasteiger partial charge is 0.356 e. The Morgan fingerprint density at radius 3 is 2.22 bits per heavy atom. The monoisotopic (exact) mass is 318 g/mol. The third-order valence-electron chi connectivity index (χ3n) is 4.00. The van der Waals surface area contributed by atoms with E-state index < -0.39 is 0 Å². The summed E-state index contributed by atoms with van der Waals surface area (Å²) in [5.74, 6) is 1.50. The summed E-state index contributed by atoms with van der Waals surface area (Å²) in [6, 6.07) is 7.66. The first-order chi connectivity index (χ1) is 11.0. The zero-order valence-corrected chi connectivity index (χ0v) is 15.0. The van der Waals surface area contributed by atoms with Crippen LogP contribution >= 0.6 is 0 Å². The smallest absolute Gasteiger partial charge is 0.253 e. The number of carbonyl (C=O) groups excluding carboxylic acids is 1. The molecule has 5 nitrogen and oxygen atoms in total. The zero-order valence-electron chi connectivity index (χ0n) is 15.0. The van der Waals surface area contributed by atoms with Crippen molar-refractivity contribution in [3.05, 3.63) is 35.4 Å². The van der Waals surface area contributed by atoms with Crippen molar-refractivity contribution in [3.63, 3.8) is 0 Å². The van der Waals surface area contributed by atoms with E-state index in [1.807, 2.05) is 24.3 Å². The molecule has 0 unspecified atom stereocenters. The van der Waals surface area contributed by atoms with Gasteiger partial charge in [0.25, 0.3) is 5.91 Å². The Labute approximate surface area is 140 Å². The van der Waals surface area contributed by atoms with Crippen LogP contribution in [0.2, 0.25) is 0 Å². The molecule has 2 N–H and O–H groups in total. The second kappa shape index (κ2) is 9.87. The number of benzene rings is 1. The molecule has 1 amide bonds. The highest BCUT2D eigenvalue weighted by atomic mass is 16.2. The fraction of sp³-hybridized carbons (Fsp3) is 0.556. The van der Waals surface area contributed by atoms with Gasteiger partial charge in [-0.1, -0.05) is 38.8 Å². The van der Waals surface area contributed by atoms with E-state index in [0.29, 0.717) is 18.0 Å². The summed E-state index contributed by atoms with van der Waals surface area (Å²) in [4.78, 5) is 17.7. The van der Waals surface area contributed by atoms with Crippen LogP contribution in [0.5, 0.6) is 0 Å². The van der Waals surface area contributed by atoms with Crippen molar-refractivity contribution in [2.75, 3.05) is 27.7 Å². The van der Waals surface area contributed by atoms with E-state index in [0.717, 1.165) is 18.1 Å². The number of nitrogens with one attached hydrogen (secondary N) is 2. The van der Waals surface area contributed by atoms with Crippen molar-refractivity contribution in [1.29, 1.82) is 0 Å². The van der Waals surface area contributed by atoms with Gasteiger partial charge in [0.2, 0.25) is 0 Å². The highest BCUT2D eigenvalue weighted by molar-refractivity contribution is 5.93. The fourth-order valence-corrected chi connectivity index (χ4v) is 2.25. The fourth-order valence-electron chi connectivity index (χ4n) is 2.25. The Kier molecular flexibility index (Phi) is 8.16. The Morgan fingerprint density at radius 1 is 1.13 bits per heavy atom. The molecule has 23 heavy (non-hydrogen) atoms. The van der Waals surface area contributed by atoms with Gasteiger partial charge in [0.15, 0.2) is 5.96 Å². The number of aliphatic imine (C=N–C) groups is 1. The molecule has 1 aromatic rings. The number of hydrogen-bond acceptors (Lipinski definition) is 2. The van der Waals surface area contributed by atoms with E-state index in [-0.39, 0.29) is 5.91 Å². The predicted octanol–water partition coefficient (Wildman–Crippen LogP) is 2.49. The van der Waals surface area contributed by atoms with E-state index in [1.165, 1.54) is 12.8 Å². The summed E-state index contributed by atoms with van der Waals surface area (Å²) >= 11 is 0. The Morgan fingerprint density at radius 2 is 1.74 bits per heavy atom. The normalized spacial score (nSPS) is 11.5. The van der Waals surface area contributed by atoms with Gasteiger partial charge >= 0.3 is 0 Å². The minimum Gasteiger partial charge on any atom is -0.356 e. The van der Waals surface area contributed by atoms with Gasteiger partial charge in [-0.25, -0.2) is 0 Å². The highest BCUT2D eigenvalue weighted by Crippen LogP contribution is 2.07. The molecule has 0 saturated heterocycles. The first kappa shape index (κ1) is 19.0. The van der Waals surface area contributed by atoms with Crippen molar-refractivity contribution in [2.45, 2.75) is 33.2 Å². The molecule has 0 aliphatic rings. The van der Waals surface area contributed by atoms with Gasteiger partial charge in [-0.2, -0.15) is 0 Å². The molecule has 0 aliphatic carbocycles. The molecular weight excluding hydrogens is 288 g/mol. The molecule has 0 aliphatic heterocycles. The Bertz CT molecular complexity index is 504. The first-order valence-electron chi connectivity index (χ1n) is 8.26. The molecule has 128 valence electrons. The molecule has 0 spiro atoms. The quantitative estimate of drug-likeness (QED) is 0.600. The van der Waals surface area contributed by atoms with Gasteiger partial charge < -0.3 is 15.5 Å². The van der Waals surface area contributed by atoms with Crippen LogP contribution in [0, 0.1) is 5.92 Å². The number of hydrogen-bond donors (Lipinski definition) is 2. The molecule has 0 atom stereocenters. The molecule has 0 aromatic heterocycles. The number of nitrogens with zero attached hydrogens (tertiary/aromatic N) is 2. The average Bonchev–Trinajstić information content (AvgIpc) is 2.58. The van der Waals surface area contributed by atoms with Crippen LogP contribution in [0.15, 0.2) is 29.3 Å². The van der Waals surface area contributed by atoms with Gasteiger partial charge in [0.05, 0.1) is 0 Å². The van der Waals surface area contributed by atoms with Crippen molar-refractivity contribution in [2.24, 2.45) is 10.9 Å². The molecule has 5 heteroatoms. The van der Waals surface area contributed by atoms with Crippen molar-refractivity contribution in [1.82, 2.24) is 15.5 Å². The first-order valence-corrected chi connectivity index (χ1v) is 8.26. The van der Waals surface area contributed by atoms with Gasteiger partial charge in [-0.15, -0.1) is 0 Å². The molecule has 0 fully saturated rings. The maximum absolute atomic E-state index is 11.9. The molecule has 1 aromatic carbocycles. The predicted molar refractivity (Wildman–Crippen MR) is 96.7 cm³/mol. The third kappa shape index (κ3) is 6.30. The third-order valence-corrected chi connectivity index (χ3v) is 4.00. The van der Waals surface area contributed by atoms with Crippen LogP contribution in [0.25, 0.3) is 0 Å². The van der Waals surface area contributed by atoms with E-state index in [1.54, 1.807) is 26.0 Å². The lowest BCUT2D eigenvalue weighted by Crippen LogP contribution is -2.39. The van der Waals surface area contributed by atoms with Crippen molar-refractivity contribution >= 4 is 11.9 Å². The Hall–Kier alpha value is -2.04. The molecular formula is C18H30N4O. The van der Waals surface area contributed by atoms with Crippen LogP contribution in [0.3, 0.4) is 0 Å². The van der Waals surface area contributed by atoms with Gasteiger partial charge in [0, 0.05) is 39.8 Å². The lowest BCUT2D eigenvalue weighted by molar-refractivity contribution is 0.0827. The zero-order chi connectivity index (χ0) is 17.2. The molecule has 1 rings (SSSR count). The van der Waals surface area contributed by atoms with Crippen LogP contribution in [0.4, 0.5) is 0 Å². The maximum atomic E-state index is 11.9. The molecule has 0 saturated carbocycles. The molecule has 0 bridgehead atoms. The number of carbonyl (C=O) groups is 1. The van der Waals surface area contributed by atoms with Crippen LogP contribution in [0.1, 0.15) is 42.6 Å². The summed E-state index contributed by atoms with van der Waals surface area (Å²) in [6.45, 7) is 6.03. The van der Waals surface area contributed by atoms with E-state index in [4.69, 9.17) is 0 Å². The van der Waals surface area contributed by atoms with E-state index >= 15 is 0 Å². The van der Waals surface area contributed by atoms with E-state index in [2.05, 4.69) is 29.5 Å². The summed E-state index contributed by atoms with van der Waals surface area (Å²) in [5, 5.41) is 6.67. The molecule has 0 radical (unpaired) electrons. The Balaban J connectivity index is 2.51. The number of rotatable bonds is 7. The summed E-state index contributed by atoms with van der Waals surface area (Å²) < 4.78 is 0. The standard InChI is InChI=1S/C18H30N4O/c1-6-14(7-2)12-20-18(19-3)21-13-15-8-10-16(11-9-15)17(23)22(4)5/h8-11,14H,6-7,12-13H2,1-5H3,(H2,19,20,21). The number of amides is 1. The van der Waals surface area contributed by atoms with Gasteiger partial charge in [-0.05, 0) is 23.6 Å². The lowest BCUT2D eigenvalue weighted by atomic mass is 10.0. The SMILES string of the molecule is CCC(CC)CNC(=NC)NCc1ccc(C(=O)N(C)C)cc1. The van der Waals surface area contributed by atoms with Crippen molar-refractivity contribution < 1.29 is 4.79 Å². The summed E-state index contributed by atoms with van der Waals surface area (Å²) in [5.41, 5.74) is 1.82. The van der Waals surface area contributed by atoms with Gasteiger partial charge in [-0.3, -0.25) is 9.79 Å². The van der Waals surface area contributed by atoms with Crippen LogP contribution in [-0.4, -0.2) is 44.5 Å². The number of guanidine groups is 1. The molecule has 0 heterocycles. The van der Waals surface area contributed by atoms with Gasteiger partial charge in [0.1, 0.15) is 0 Å². The summed E-state index contributed by atoms with van der Waals surface area (Å²) in [7, 11) is 5.29. The maximum Gasteiger partial charge on any atom is 0.253 e. The lowest BCUT2D eigenvalue weighted by Gasteiger charge is -2.17. The second-order valence-electron chi connectivity index (χ2n) is 5.89. The highest BCUT2D eigenvalue weighted by Gasteiger charge is 2.08. The topological polar surface area (TPSA) is 56.7 Å². The van der Waals surface area contributed by atoms with Crippen LogP contribution < -0.4 is 10.6 Å². The average molecular weight is 318 g/mol. The van der Waals surface area contributed by atoms with E-state index in [9.17, 15) is 4.79 Å². The minimum absolute atomic E-state index is 0.0205. The van der Waals surface area contributed by atoms with Crippen LogP contribution in [-0.2, 0) is 6.54 Å². The second-order valence-corrected chi connectivity index (χ2v) is 5.89.